The number of nitrogens with zero attached hydrogens (tertiary/aromatic N) is 1. The van der Waals surface area contributed by atoms with Crippen LogP contribution in [-0.2, 0) is 4.79 Å². The quantitative estimate of drug-likeness (QED) is 0.667. The normalized spacial score (nSPS) is 12.8. The summed E-state index contributed by atoms with van der Waals surface area (Å²) in [5.74, 6) is 1.67. The SMILES string of the molecule is C/C(=N\NC(=O)C(C)Oc1ccc(Cl)cc1C)c1ccc(C)o1. The molecule has 0 aliphatic heterocycles. The van der Waals surface area contributed by atoms with Crippen molar-refractivity contribution < 1.29 is 13.9 Å². The van der Waals surface area contributed by atoms with Gasteiger partial charge in [0.1, 0.15) is 23.0 Å². The molecule has 0 aliphatic carbocycles. The standard InChI is InChI=1S/C17H19ClN2O3/c1-10-9-14(18)6-8-15(10)23-13(4)17(21)20-19-12(3)16-7-5-11(2)22-16/h5-9,13H,1-4H3,(H,20,21)/b19-12+. The molecule has 122 valence electrons. The lowest BCUT2D eigenvalue weighted by molar-refractivity contribution is -0.127. The van der Waals surface area contributed by atoms with Crippen molar-refractivity contribution in [1.82, 2.24) is 5.43 Å². The third-order valence-corrected chi connectivity index (χ3v) is 3.48. The third-order valence-electron chi connectivity index (χ3n) is 3.24. The molecule has 1 unspecified atom stereocenters. The lowest BCUT2D eigenvalue weighted by atomic mass is 10.2. The maximum Gasteiger partial charge on any atom is 0.280 e. The molecule has 0 radical (unpaired) electrons. The van der Waals surface area contributed by atoms with Crippen molar-refractivity contribution in [1.29, 1.82) is 0 Å². The summed E-state index contributed by atoms with van der Waals surface area (Å²) in [6.45, 7) is 7.13. The number of hydrazone groups is 1. The maximum atomic E-state index is 12.1. The molecule has 5 nitrogen and oxygen atoms in total. The molecule has 0 fully saturated rings. The average Bonchev–Trinajstić information content (AvgIpc) is 2.93. The zero-order valence-electron chi connectivity index (χ0n) is 13.5. The van der Waals surface area contributed by atoms with Gasteiger partial charge in [-0.2, -0.15) is 5.10 Å². The molecule has 23 heavy (non-hydrogen) atoms. The van der Waals surface area contributed by atoms with Gasteiger partial charge in [0.2, 0.25) is 0 Å². The number of furan rings is 1. The van der Waals surface area contributed by atoms with E-state index in [1.54, 1.807) is 38.1 Å². The fourth-order valence-electron chi connectivity index (χ4n) is 1.90. The van der Waals surface area contributed by atoms with Crippen LogP contribution in [0.2, 0.25) is 5.02 Å². The van der Waals surface area contributed by atoms with Crippen LogP contribution in [0.15, 0.2) is 39.9 Å². The van der Waals surface area contributed by atoms with Crippen molar-refractivity contribution in [3.63, 3.8) is 0 Å². The van der Waals surface area contributed by atoms with E-state index < -0.39 is 6.10 Å². The summed E-state index contributed by atoms with van der Waals surface area (Å²) in [4.78, 5) is 12.1. The van der Waals surface area contributed by atoms with Crippen LogP contribution in [0.25, 0.3) is 0 Å². The molecule has 2 rings (SSSR count). The van der Waals surface area contributed by atoms with Gasteiger partial charge in [-0.15, -0.1) is 0 Å². The molecule has 0 spiro atoms. The minimum absolute atomic E-state index is 0.345. The number of aryl methyl sites for hydroxylation is 2. The fraction of sp³-hybridized carbons (Fsp3) is 0.294. The minimum atomic E-state index is -0.690. The molecule has 1 aromatic heterocycles. The van der Waals surface area contributed by atoms with Crippen molar-refractivity contribution in [3.05, 3.63) is 52.4 Å². The van der Waals surface area contributed by atoms with Crippen molar-refractivity contribution in [2.24, 2.45) is 5.10 Å². The van der Waals surface area contributed by atoms with E-state index in [4.69, 9.17) is 20.8 Å². The Hall–Kier alpha value is -2.27. The van der Waals surface area contributed by atoms with Crippen LogP contribution in [0.1, 0.15) is 30.9 Å². The Morgan fingerprint density at radius 1 is 1.30 bits per heavy atom. The zero-order chi connectivity index (χ0) is 17.0. The first-order chi connectivity index (χ1) is 10.9. The number of carbonyl (C=O) groups is 1. The highest BCUT2D eigenvalue weighted by Gasteiger charge is 2.15. The largest absolute Gasteiger partial charge is 0.481 e. The smallest absolute Gasteiger partial charge is 0.280 e. The van der Waals surface area contributed by atoms with Gasteiger partial charge in [0.05, 0.1) is 0 Å². The second-order valence-corrected chi connectivity index (χ2v) is 5.69. The first kappa shape index (κ1) is 17.1. The second-order valence-electron chi connectivity index (χ2n) is 5.25. The third kappa shape index (κ3) is 4.60. The Bertz CT molecular complexity index is 737. The molecule has 2 aromatic rings. The van der Waals surface area contributed by atoms with Crippen molar-refractivity contribution in [2.75, 3.05) is 0 Å². The molecular weight excluding hydrogens is 316 g/mol. The number of rotatable bonds is 5. The van der Waals surface area contributed by atoms with Gasteiger partial charge in [-0.05, 0) is 63.6 Å². The molecule has 1 atom stereocenters. The number of nitrogens with one attached hydrogen (secondary N) is 1. The van der Waals surface area contributed by atoms with Gasteiger partial charge in [0.15, 0.2) is 6.10 Å². The second kappa shape index (κ2) is 7.33. The highest BCUT2D eigenvalue weighted by atomic mass is 35.5. The molecule has 0 aliphatic rings. The summed E-state index contributed by atoms with van der Waals surface area (Å²) >= 11 is 5.90. The van der Waals surface area contributed by atoms with E-state index in [1.807, 2.05) is 19.9 Å². The monoisotopic (exact) mass is 334 g/mol. The van der Waals surface area contributed by atoms with Crippen molar-refractivity contribution in [2.45, 2.75) is 33.8 Å². The van der Waals surface area contributed by atoms with Gasteiger partial charge in [-0.25, -0.2) is 5.43 Å². The lowest BCUT2D eigenvalue weighted by Gasteiger charge is -2.15. The van der Waals surface area contributed by atoms with E-state index in [0.717, 1.165) is 11.3 Å². The van der Waals surface area contributed by atoms with Crippen LogP contribution in [-0.4, -0.2) is 17.7 Å². The molecule has 6 heteroatoms. The zero-order valence-corrected chi connectivity index (χ0v) is 14.3. The van der Waals surface area contributed by atoms with E-state index in [0.29, 0.717) is 22.2 Å². The maximum absolute atomic E-state index is 12.1. The number of carbonyl (C=O) groups excluding carboxylic acids is 1. The molecular formula is C17H19ClN2O3. The predicted octanol–water partition coefficient (Wildman–Crippen LogP) is 3.86. The first-order valence-corrected chi connectivity index (χ1v) is 7.58. The molecule has 1 amide bonds. The number of hydrogen-bond donors (Lipinski definition) is 1. The summed E-state index contributed by atoms with van der Waals surface area (Å²) in [6.07, 6.45) is -0.690. The first-order valence-electron chi connectivity index (χ1n) is 7.20. The van der Waals surface area contributed by atoms with Crippen LogP contribution < -0.4 is 10.2 Å². The molecule has 0 bridgehead atoms. The minimum Gasteiger partial charge on any atom is -0.481 e. The molecule has 0 saturated carbocycles. The van der Waals surface area contributed by atoms with Gasteiger partial charge >= 0.3 is 0 Å². The molecule has 1 aromatic carbocycles. The lowest BCUT2D eigenvalue weighted by Crippen LogP contribution is -2.34. The Labute approximate surface area is 140 Å². The highest BCUT2D eigenvalue weighted by molar-refractivity contribution is 6.30. The van der Waals surface area contributed by atoms with Crippen LogP contribution in [0, 0.1) is 13.8 Å². The number of halogens is 1. The fourth-order valence-corrected chi connectivity index (χ4v) is 2.13. The summed E-state index contributed by atoms with van der Waals surface area (Å²) in [5, 5.41) is 4.66. The number of benzene rings is 1. The van der Waals surface area contributed by atoms with Gasteiger partial charge in [0.25, 0.3) is 5.91 Å². The van der Waals surface area contributed by atoms with Crippen molar-refractivity contribution in [3.8, 4) is 5.75 Å². The predicted molar refractivity (Wildman–Crippen MR) is 90.1 cm³/mol. The Morgan fingerprint density at radius 3 is 2.65 bits per heavy atom. The van der Waals surface area contributed by atoms with Crippen LogP contribution in [0.5, 0.6) is 5.75 Å². The Morgan fingerprint density at radius 2 is 2.04 bits per heavy atom. The number of ether oxygens (including phenoxy) is 1. The topological polar surface area (TPSA) is 63.8 Å². The van der Waals surface area contributed by atoms with Crippen LogP contribution in [0.4, 0.5) is 0 Å². The molecule has 0 saturated heterocycles. The average molecular weight is 335 g/mol. The summed E-state index contributed by atoms with van der Waals surface area (Å²) < 4.78 is 11.1. The van der Waals surface area contributed by atoms with E-state index in [-0.39, 0.29) is 5.91 Å². The molecule has 1 N–H and O–H groups in total. The van der Waals surface area contributed by atoms with E-state index >= 15 is 0 Å². The van der Waals surface area contributed by atoms with E-state index in [1.165, 1.54) is 0 Å². The Balaban J connectivity index is 1.97. The van der Waals surface area contributed by atoms with Gasteiger partial charge < -0.3 is 9.15 Å². The van der Waals surface area contributed by atoms with Gasteiger partial charge in [0, 0.05) is 5.02 Å². The summed E-state index contributed by atoms with van der Waals surface area (Å²) in [7, 11) is 0. The van der Waals surface area contributed by atoms with Gasteiger partial charge in [-0.3, -0.25) is 4.79 Å². The van der Waals surface area contributed by atoms with Crippen molar-refractivity contribution >= 4 is 23.2 Å². The number of hydrogen-bond acceptors (Lipinski definition) is 4. The number of amides is 1. The summed E-state index contributed by atoms with van der Waals surface area (Å²) in [5.41, 5.74) is 3.93. The van der Waals surface area contributed by atoms with Crippen LogP contribution >= 0.6 is 11.6 Å². The van der Waals surface area contributed by atoms with E-state index in [9.17, 15) is 4.79 Å². The van der Waals surface area contributed by atoms with Crippen LogP contribution in [0.3, 0.4) is 0 Å². The van der Waals surface area contributed by atoms with Gasteiger partial charge in [-0.1, -0.05) is 11.6 Å². The summed E-state index contributed by atoms with van der Waals surface area (Å²) in [6, 6.07) is 8.88. The highest BCUT2D eigenvalue weighted by Crippen LogP contribution is 2.22. The van der Waals surface area contributed by atoms with E-state index in [2.05, 4.69) is 10.5 Å². The Kier molecular flexibility index (Phi) is 5.45. The molecule has 1 heterocycles.